The van der Waals surface area contributed by atoms with Gasteiger partial charge in [-0.15, -0.1) is 0 Å². The van der Waals surface area contributed by atoms with Crippen molar-refractivity contribution in [3.05, 3.63) is 120 Å². The third-order valence-corrected chi connectivity index (χ3v) is 9.89. The highest BCUT2D eigenvalue weighted by Gasteiger charge is 2.41. The molecule has 0 fully saturated rings. The van der Waals surface area contributed by atoms with Gasteiger partial charge in [0.25, 0.3) is 0 Å². The summed E-state index contributed by atoms with van der Waals surface area (Å²) in [6, 6.07) is 41.0. The molecule has 0 saturated heterocycles. The molecular formula is C24H19ClSi. The molecule has 0 aliphatic rings. The maximum Gasteiger partial charge on any atom is 0.179 e. The van der Waals surface area contributed by atoms with Gasteiger partial charge >= 0.3 is 0 Å². The lowest BCUT2D eigenvalue weighted by Crippen LogP contribution is -2.74. The Morgan fingerprint density at radius 1 is 0.423 bits per heavy atom. The molecule has 0 amide bonds. The second-order valence-electron chi connectivity index (χ2n) is 6.36. The lowest BCUT2D eigenvalue weighted by Gasteiger charge is -2.34. The van der Waals surface area contributed by atoms with Gasteiger partial charge in [-0.2, -0.15) is 0 Å². The molecular weight excluding hydrogens is 352 g/mol. The molecule has 26 heavy (non-hydrogen) atoms. The summed E-state index contributed by atoms with van der Waals surface area (Å²) in [7, 11) is -2.42. The van der Waals surface area contributed by atoms with Crippen molar-refractivity contribution in [2.24, 2.45) is 0 Å². The van der Waals surface area contributed by atoms with E-state index < -0.39 is 8.07 Å². The van der Waals surface area contributed by atoms with E-state index in [1.165, 1.54) is 20.7 Å². The van der Waals surface area contributed by atoms with Crippen molar-refractivity contribution in [1.82, 2.24) is 0 Å². The first-order chi connectivity index (χ1) is 12.8. The van der Waals surface area contributed by atoms with Crippen LogP contribution in [0.3, 0.4) is 0 Å². The monoisotopic (exact) mass is 370 g/mol. The Labute approximate surface area is 160 Å². The van der Waals surface area contributed by atoms with Crippen molar-refractivity contribution < 1.29 is 0 Å². The number of rotatable bonds is 4. The fourth-order valence-electron chi connectivity index (χ4n) is 3.79. The Hall–Kier alpha value is -2.61. The zero-order valence-corrected chi connectivity index (χ0v) is 16.1. The highest BCUT2D eigenvalue weighted by atomic mass is 35.5. The second kappa shape index (κ2) is 7.33. The zero-order chi connectivity index (χ0) is 17.8. The number of benzene rings is 4. The Bertz CT molecular complexity index is 885. The van der Waals surface area contributed by atoms with Crippen molar-refractivity contribution >= 4 is 40.4 Å². The second-order valence-corrected chi connectivity index (χ2v) is 10.6. The summed E-state index contributed by atoms with van der Waals surface area (Å²) in [4.78, 5) is 0. The summed E-state index contributed by atoms with van der Waals surface area (Å²) in [6.07, 6.45) is 0. The van der Waals surface area contributed by atoms with Gasteiger partial charge in [0.05, 0.1) is 0 Å². The van der Waals surface area contributed by atoms with Crippen LogP contribution in [-0.4, -0.2) is 8.07 Å². The SMILES string of the molecule is Clc1cccc([Si](c2ccccc2)(c2ccccc2)c2ccccc2)c1. The summed E-state index contributed by atoms with van der Waals surface area (Å²) in [5.41, 5.74) is 0. The largest absolute Gasteiger partial charge is 0.179 e. The van der Waals surface area contributed by atoms with Gasteiger partial charge in [0.15, 0.2) is 8.07 Å². The highest BCUT2D eigenvalue weighted by molar-refractivity contribution is 7.19. The van der Waals surface area contributed by atoms with Crippen LogP contribution in [0.2, 0.25) is 5.02 Å². The first kappa shape index (κ1) is 16.8. The van der Waals surface area contributed by atoms with E-state index in [1.807, 2.05) is 6.07 Å². The third-order valence-electron chi connectivity index (χ3n) is 4.88. The van der Waals surface area contributed by atoms with E-state index in [-0.39, 0.29) is 0 Å². The van der Waals surface area contributed by atoms with Gasteiger partial charge in [-0.3, -0.25) is 0 Å². The maximum atomic E-state index is 6.44. The Morgan fingerprint density at radius 3 is 1.19 bits per heavy atom. The van der Waals surface area contributed by atoms with Crippen molar-refractivity contribution in [2.45, 2.75) is 0 Å². The molecule has 126 valence electrons. The maximum absolute atomic E-state index is 6.44. The fraction of sp³-hybridized carbons (Fsp3) is 0. The van der Waals surface area contributed by atoms with Crippen molar-refractivity contribution in [3.63, 3.8) is 0 Å². The Balaban J connectivity index is 2.14. The lowest BCUT2D eigenvalue weighted by atomic mass is 10.3. The van der Waals surface area contributed by atoms with Gasteiger partial charge in [-0.05, 0) is 32.9 Å². The van der Waals surface area contributed by atoms with E-state index in [0.717, 1.165) is 5.02 Å². The average Bonchev–Trinajstić information content (AvgIpc) is 2.71. The Kier molecular flexibility index (Phi) is 4.74. The molecule has 0 aromatic heterocycles. The quantitative estimate of drug-likeness (QED) is 0.379. The molecule has 0 nitrogen and oxygen atoms in total. The predicted molar refractivity (Wildman–Crippen MR) is 115 cm³/mol. The van der Waals surface area contributed by atoms with Gasteiger partial charge in [-0.1, -0.05) is 115 Å². The first-order valence-electron chi connectivity index (χ1n) is 8.74. The van der Waals surface area contributed by atoms with Crippen LogP contribution in [0.25, 0.3) is 0 Å². The molecule has 0 heterocycles. The molecule has 0 atom stereocenters. The van der Waals surface area contributed by atoms with E-state index in [0.29, 0.717) is 0 Å². The molecule has 2 heteroatoms. The van der Waals surface area contributed by atoms with E-state index in [4.69, 9.17) is 11.6 Å². The lowest BCUT2D eigenvalue weighted by molar-refractivity contribution is 1.66. The van der Waals surface area contributed by atoms with Crippen molar-refractivity contribution in [3.8, 4) is 0 Å². The van der Waals surface area contributed by atoms with E-state index in [2.05, 4.69) is 109 Å². The molecule has 0 spiro atoms. The van der Waals surface area contributed by atoms with Crippen LogP contribution in [0.1, 0.15) is 0 Å². The number of halogens is 1. The van der Waals surface area contributed by atoms with Crippen LogP contribution in [0.5, 0.6) is 0 Å². The molecule has 0 N–H and O–H groups in total. The molecule has 0 aliphatic carbocycles. The standard InChI is InChI=1S/C24H19ClSi/c25-20-11-10-18-24(19-20)26(21-12-4-1-5-13-21,22-14-6-2-7-15-22)23-16-8-3-9-17-23/h1-19H. The minimum absolute atomic E-state index is 0.780. The summed E-state index contributed by atoms with van der Waals surface area (Å²) >= 11 is 6.44. The molecule has 0 unspecified atom stereocenters. The fourth-order valence-corrected chi connectivity index (χ4v) is 8.86. The van der Waals surface area contributed by atoms with Crippen molar-refractivity contribution in [2.75, 3.05) is 0 Å². The van der Waals surface area contributed by atoms with Gasteiger partial charge < -0.3 is 0 Å². The van der Waals surface area contributed by atoms with E-state index >= 15 is 0 Å². The normalized spacial score (nSPS) is 11.3. The van der Waals surface area contributed by atoms with Gasteiger partial charge in [-0.25, -0.2) is 0 Å². The molecule has 0 bridgehead atoms. The molecule has 4 aromatic carbocycles. The van der Waals surface area contributed by atoms with Gasteiger partial charge in [0.1, 0.15) is 0 Å². The number of hydrogen-bond acceptors (Lipinski definition) is 0. The van der Waals surface area contributed by atoms with Crippen LogP contribution in [0, 0.1) is 0 Å². The summed E-state index contributed by atoms with van der Waals surface area (Å²) in [6.45, 7) is 0. The predicted octanol–water partition coefficient (Wildman–Crippen LogP) is 3.72. The minimum Gasteiger partial charge on any atom is -0.0843 e. The van der Waals surface area contributed by atoms with Crippen LogP contribution in [-0.2, 0) is 0 Å². The zero-order valence-electron chi connectivity index (χ0n) is 14.3. The summed E-state index contributed by atoms with van der Waals surface area (Å²) in [5.74, 6) is 0. The van der Waals surface area contributed by atoms with Crippen LogP contribution < -0.4 is 20.7 Å². The number of hydrogen-bond donors (Lipinski definition) is 0. The average molecular weight is 371 g/mol. The molecule has 0 aliphatic heterocycles. The summed E-state index contributed by atoms with van der Waals surface area (Å²) < 4.78 is 0. The topological polar surface area (TPSA) is 0 Å². The first-order valence-corrected chi connectivity index (χ1v) is 11.1. The molecule has 0 saturated carbocycles. The highest BCUT2D eigenvalue weighted by Crippen LogP contribution is 2.12. The summed E-state index contributed by atoms with van der Waals surface area (Å²) in [5, 5.41) is 6.16. The van der Waals surface area contributed by atoms with Crippen LogP contribution in [0.4, 0.5) is 0 Å². The van der Waals surface area contributed by atoms with Crippen LogP contribution >= 0.6 is 11.6 Å². The third kappa shape index (κ3) is 2.90. The smallest absolute Gasteiger partial charge is 0.0843 e. The van der Waals surface area contributed by atoms with Crippen LogP contribution in [0.15, 0.2) is 115 Å². The van der Waals surface area contributed by atoms with E-state index in [9.17, 15) is 0 Å². The van der Waals surface area contributed by atoms with Gasteiger partial charge in [0, 0.05) is 5.02 Å². The molecule has 0 radical (unpaired) electrons. The minimum atomic E-state index is -2.42. The van der Waals surface area contributed by atoms with Crippen molar-refractivity contribution in [1.29, 1.82) is 0 Å². The Morgan fingerprint density at radius 2 is 0.808 bits per heavy atom. The molecule has 4 aromatic rings. The van der Waals surface area contributed by atoms with Gasteiger partial charge in [0.2, 0.25) is 0 Å². The van der Waals surface area contributed by atoms with E-state index in [1.54, 1.807) is 0 Å². The molecule has 4 rings (SSSR count).